The van der Waals surface area contributed by atoms with Crippen LogP contribution in [0.15, 0.2) is 22.7 Å². The monoisotopic (exact) mass is 447 g/mol. The Bertz CT molecular complexity index is 900. The summed E-state index contributed by atoms with van der Waals surface area (Å²) in [7, 11) is 1.39. The van der Waals surface area contributed by atoms with Crippen molar-refractivity contribution in [2.24, 2.45) is 5.92 Å². The summed E-state index contributed by atoms with van der Waals surface area (Å²) >= 11 is 0. The highest BCUT2D eigenvalue weighted by Gasteiger charge is 2.29. The maximum atomic E-state index is 14.0. The number of hydrogen-bond acceptors (Lipinski definition) is 7. The van der Waals surface area contributed by atoms with E-state index in [4.69, 9.17) is 18.7 Å². The molecule has 1 atom stereocenters. The second-order valence-corrected chi connectivity index (χ2v) is 8.37. The average molecular weight is 448 g/mol. The van der Waals surface area contributed by atoms with E-state index in [1.807, 2.05) is 0 Å². The quantitative estimate of drug-likeness (QED) is 0.574. The lowest BCUT2D eigenvalue weighted by molar-refractivity contribution is 0.0211. The molecule has 2 saturated heterocycles. The Labute approximate surface area is 187 Å². The molecule has 1 unspecified atom stereocenters. The predicted molar refractivity (Wildman–Crippen MR) is 113 cm³/mol. The van der Waals surface area contributed by atoms with E-state index in [1.54, 1.807) is 11.0 Å². The summed E-state index contributed by atoms with van der Waals surface area (Å²) < 4.78 is 35.6. The molecule has 0 aliphatic carbocycles. The van der Waals surface area contributed by atoms with E-state index in [2.05, 4.69) is 10.1 Å². The highest BCUT2D eigenvalue weighted by Crippen LogP contribution is 2.27. The first kappa shape index (κ1) is 22.7. The van der Waals surface area contributed by atoms with Crippen molar-refractivity contribution in [2.75, 3.05) is 46.6 Å². The molecule has 8 nitrogen and oxygen atoms in total. The second kappa shape index (κ2) is 10.9. The van der Waals surface area contributed by atoms with Crippen LogP contribution < -0.4 is 4.74 Å². The number of nitrogens with zero attached hydrogens (tertiary/aromatic N) is 3. The van der Waals surface area contributed by atoms with Crippen molar-refractivity contribution in [1.82, 2.24) is 15.0 Å². The van der Waals surface area contributed by atoms with Crippen molar-refractivity contribution in [2.45, 2.75) is 38.0 Å². The summed E-state index contributed by atoms with van der Waals surface area (Å²) in [6.45, 7) is 4.00. The van der Waals surface area contributed by atoms with Gasteiger partial charge < -0.3 is 23.6 Å². The molecule has 0 saturated carbocycles. The summed E-state index contributed by atoms with van der Waals surface area (Å²) in [4.78, 5) is 19.1. The summed E-state index contributed by atoms with van der Waals surface area (Å²) in [5.74, 6) is 1.06. The minimum absolute atomic E-state index is 0.0276. The number of hydrogen-bond donors (Lipinski definition) is 0. The zero-order valence-corrected chi connectivity index (χ0v) is 18.4. The van der Waals surface area contributed by atoms with E-state index in [9.17, 15) is 9.18 Å². The van der Waals surface area contributed by atoms with Gasteiger partial charge in [-0.25, -0.2) is 4.39 Å². The number of benzene rings is 1. The first-order valence-corrected chi connectivity index (χ1v) is 11.2. The number of rotatable bonds is 8. The Hall–Kier alpha value is -2.52. The Balaban J connectivity index is 1.28. The Morgan fingerprint density at radius 1 is 1.28 bits per heavy atom. The highest BCUT2D eigenvalue weighted by atomic mass is 19.1. The number of likely N-dealkylation sites (tertiary alicyclic amines) is 1. The van der Waals surface area contributed by atoms with Crippen LogP contribution in [0.4, 0.5) is 4.39 Å². The Morgan fingerprint density at radius 2 is 2.12 bits per heavy atom. The van der Waals surface area contributed by atoms with Crippen LogP contribution in [0.1, 0.15) is 53.7 Å². The SMILES string of the molecule is COc1ccc(C(=O)N2CCCC(c3nc(CCOCC4CCOCC4)no3)C2)cc1F. The molecule has 2 aromatic rings. The van der Waals surface area contributed by atoms with Crippen LogP contribution in [0.25, 0.3) is 0 Å². The second-order valence-electron chi connectivity index (χ2n) is 8.37. The summed E-state index contributed by atoms with van der Waals surface area (Å²) in [5, 5.41) is 4.08. The molecule has 3 heterocycles. The van der Waals surface area contributed by atoms with Gasteiger partial charge in [0.25, 0.3) is 5.91 Å². The number of carbonyl (C=O) groups is 1. The average Bonchev–Trinajstić information content (AvgIpc) is 3.31. The third-order valence-electron chi connectivity index (χ3n) is 6.10. The smallest absolute Gasteiger partial charge is 0.253 e. The Kier molecular flexibility index (Phi) is 7.70. The van der Waals surface area contributed by atoms with Crippen LogP contribution >= 0.6 is 0 Å². The summed E-state index contributed by atoms with van der Waals surface area (Å²) in [6, 6.07) is 4.27. The van der Waals surface area contributed by atoms with Gasteiger partial charge in [0.05, 0.1) is 19.6 Å². The molecule has 9 heteroatoms. The van der Waals surface area contributed by atoms with E-state index in [1.165, 1.54) is 19.2 Å². The molecule has 2 aliphatic heterocycles. The maximum Gasteiger partial charge on any atom is 0.253 e. The molecule has 2 aliphatic rings. The number of ether oxygens (including phenoxy) is 3. The fraction of sp³-hybridized carbons (Fsp3) is 0.609. The third-order valence-corrected chi connectivity index (χ3v) is 6.10. The lowest BCUT2D eigenvalue weighted by atomic mass is 9.97. The van der Waals surface area contributed by atoms with Gasteiger partial charge in [0.15, 0.2) is 17.4 Å². The van der Waals surface area contributed by atoms with Gasteiger partial charge in [0.2, 0.25) is 5.89 Å². The topological polar surface area (TPSA) is 86.9 Å². The van der Waals surface area contributed by atoms with Gasteiger partial charge in [-0.05, 0) is 49.8 Å². The molecule has 2 fully saturated rings. The molecule has 0 N–H and O–H groups in total. The van der Waals surface area contributed by atoms with Crippen molar-refractivity contribution in [3.63, 3.8) is 0 Å². The van der Waals surface area contributed by atoms with Crippen LogP contribution in [0.2, 0.25) is 0 Å². The van der Waals surface area contributed by atoms with Crippen molar-refractivity contribution >= 4 is 5.91 Å². The van der Waals surface area contributed by atoms with Crippen molar-refractivity contribution in [3.8, 4) is 5.75 Å². The van der Waals surface area contributed by atoms with Gasteiger partial charge in [-0.2, -0.15) is 4.98 Å². The lowest BCUT2D eigenvalue weighted by Gasteiger charge is -2.31. The molecule has 32 heavy (non-hydrogen) atoms. The molecule has 1 aromatic carbocycles. The fourth-order valence-corrected chi connectivity index (χ4v) is 4.21. The molecule has 174 valence electrons. The molecular formula is C23H30FN3O5. The highest BCUT2D eigenvalue weighted by molar-refractivity contribution is 5.94. The lowest BCUT2D eigenvalue weighted by Crippen LogP contribution is -2.39. The van der Waals surface area contributed by atoms with Gasteiger partial charge in [-0.1, -0.05) is 5.16 Å². The van der Waals surface area contributed by atoms with Crippen LogP contribution in [0.5, 0.6) is 5.75 Å². The largest absolute Gasteiger partial charge is 0.494 e. The first-order valence-electron chi connectivity index (χ1n) is 11.2. The van der Waals surface area contributed by atoms with Gasteiger partial charge >= 0.3 is 0 Å². The van der Waals surface area contributed by atoms with Gasteiger partial charge in [-0.15, -0.1) is 0 Å². The molecule has 1 amide bonds. The van der Waals surface area contributed by atoms with Gasteiger partial charge in [0, 0.05) is 44.9 Å². The van der Waals surface area contributed by atoms with Gasteiger partial charge in [0.1, 0.15) is 0 Å². The minimum Gasteiger partial charge on any atom is -0.494 e. The molecular weight excluding hydrogens is 417 g/mol. The molecule has 1 aromatic heterocycles. The summed E-state index contributed by atoms with van der Waals surface area (Å²) in [6.07, 6.45) is 4.37. The molecule has 0 radical (unpaired) electrons. The predicted octanol–water partition coefficient (Wildman–Crippen LogP) is 3.22. The Morgan fingerprint density at radius 3 is 2.91 bits per heavy atom. The van der Waals surface area contributed by atoms with Crippen molar-refractivity contribution < 1.29 is 27.9 Å². The molecule has 4 rings (SSSR count). The van der Waals surface area contributed by atoms with Crippen molar-refractivity contribution in [1.29, 1.82) is 0 Å². The minimum atomic E-state index is -0.549. The number of aromatic nitrogens is 2. The van der Waals surface area contributed by atoms with E-state index < -0.39 is 5.82 Å². The van der Waals surface area contributed by atoms with Crippen LogP contribution in [-0.4, -0.2) is 67.6 Å². The van der Waals surface area contributed by atoms with E-state index in [0.717, 1.165) is 45.5 Å². The van der Waals surface area contributed by atoms with Crippen LogP contribution in [0.3, 0.4) is 0 Å². The van der Waals surface area contributed by atoms with E-state index >= 15 is 0 Å². The number of piperidine rings is 1. The zero-order valence-electron chi connectivity index (χ0n) is 18.4. The number of halogens is 1. The molecule has 0 bridgehead atoms. The normalized spacial score (nSPS) is 19.8. The van der Waals surface area contributed by atoms with Crippen LogP contribution in [0, 0.1) is 11.7 Å². The first-order chi connectivity index (χ1) is 15.6. The molecule has 0 spiro atoms. The number of carbonyl (C=O) groups excluding carboxylic acids is 1. The van der Waals surface area contributed by atoms with E-state index in [0.29, 0.717) is 49.3 Å². The third kappa shape index (κ3) is 5.63. The van der Waals surface area contributed by atoms with Crippen LogP contribution in [-0.2, 0) is 15.9 Å². The van der Waals surface area contributed by atoms with Crippen molar-refractivity contribution in [3.05, 3.63) is 41.3 Å². The zero-order chi connectivity index (χ0) is 22.3. The number of amides is 1. The van der Waals surface area contributed by atoms with Gasteiger partial charge in [-0.3, -0.25) is 4.79 Å². The fourth-order valence-electron chi connectivity index (χ4n) is 4.21. The standard InChI is InChI=1S/C23H30FN3O5/c1-29-20-5-4-17(13-19(20)24)23(28)27-9-2-3-18(14-27)22-25-21(26-32-22)8-12-31-15-16-6-10-30-11-7-16/h4-5,13,16,18H,2-3,6-12,14-15H2,1H3. The summed E-state index contributed by atoms with van der Waals surface area (Å²) in [5.41, 5.74) is 0.303. The van der Waals surface area contributed by atoms with E-state index in [-0.39, 0.29) is 17.6 Å². The maximum absolute atomic E-state index is 14.0. The number of methoxy groups -OCH3 is 1.